The molecule has 1 fully saturated rings. The molecule has 0 bridgehead atoms. The molecule has 6 heteroatoms. The second-order valence-corrected chi connectivity index (χ2v) is 2.31. The molecule has 1 rings (SSSR count). The van der Waals surface area contributed by atoms with Crippen LogP contribution in [0.15, 0.2) is 0 Å². The Balaban J connectivity index is 2.94. The Bertz CT molecular complexity index is 273. The number of carbonyl (C=O) groups is 4. The van der Waals surface area contributed by atoms with Crippen LogP contribution < -0.4 is 5.32 Å². The van der Waals surface area contributed by atoms with E-state index < -0.39 is 23.8 Å². The summed E-state index contributed by atoms with van der Waals surface area (Å²) in [5.74, 6) is -3.04. The summed E-state index contributed by atoms with van der Waals surface area (Å²) in [6.45, 7) is 0. The van der Waals surface area contributed by atoms with Crippen LogP contribution in [-0.4, -0.2) is 36.1 Å². The summed E-state index contributed by atoms with van der Waals surface area (Å²) >= 11 is 0. The molecule has 0 spiro atoms. The molecule has 0 aromatic heterocycles. The van der Waals surface area contributed by atoms with Crippen molar-refractivity contribution in [2.45, 2.75) is 0 Å². The van der Waals surface area contributed by atoms with Gasteiger partial charge in [-0.05, 0) is 0 Å². The number of barbiturate groups is 1. The van der Waals surface area contributed by atoms with Crippen LogP contribution in [0, 0.1) is 5.92 Å². The number of nitrogens with one attached hydrogen (secondary N) is 1. The SMILES string of the molecule is CN1C(=O)NC(=O)C(C=O)C1=O. The molecule has 0 radical (unpaired) electrons. The van der Waals surface area contributed by atoms with E-state index in [1.54, 1.807) is 0 Å². The van der Waals surface area contributed by atoms with Gasteiger partial charge in [0.15, 0.2) is 5.92 Å². The molecule has 12 heavy (non-hydrogen) atoms. The molecule has 1 heterocycles. The van der Waals surface area contributed by atoms with E-state index in [4.69, 9.17) is 0 Å². The second-order valence-electron chi connectivity index (χ2n) is 2.31. The van der Waals surface area contributed by atoms with Crippen LogP contribution in [0.2, 0.25) is 0 Å². The van der Waals surface area contributed by atoms with Crippen molar-refractivity contribution < 1.29 is 19.2 Å². The number of hydrogen-bond acceptors (Lipinski definition) is 4. The lowest BCUT2D eigenvalue weighted by molar-refractivity contribution is -0.143. The van der Waals surface area contributed by atoms with E-state index in [2.05, 4.69) is 0 Å². The number of aldehydes is 1. The lowest BCUT2D eigenvalue weighted by Crippen LogP contribution is -2.56. The van der Waals surface area contributed by atoms with Crippen LogP contribution in [0.4, 0.5) is 4.79 Å². The number of urea groups is 1. The number of hydrogen-bond donors (Lipinski definition) is 1. The summed E-state index contributed by atoms with van der Waals surface area (Å²) in [7, 11) is 1.20. The van der Waals surface area contributed by atoms with E-state index in [-0.39, 0.29) is 6.29 Å². The van der Waals surface area contributed by atoms with Crippen LogP contribution in [0.1, 0.15) is 0 Å². The molecule has 1 aliphatic rings. The van der Waals surface area contributed by atoms with Crippen molar-refractivity contribution in [1.82, 2.24) is 10.2 Å². The van der Waals surface area contributed by atoms with Crippen molar-refractivity contribution in [3.63, 3.8) is 0 Å². The van der Waals surface area contributed by atoms with Crippen molar-refractivity contribution in [2.75, 3.05) is 7.05 Å². The molecule has 1 aliphatic heterocycles. The fourth-order valence-electron chi connectivity index (χ4n) is 0.808. The monoisotopic (exact) mass is 170 g/mol. The largest absolute Gasteiger partial charge is 0.330 e. The van der Waals surface area contributed by atoms with Crippen molar-refractivity contribution in [1.29, 1.82) is 0 Å². The quantitative estimate of drug-likeness (QED) is 0.384. The third-order valence-electron chi connectivity index (χ3n) is 1.55. The maximum Gasteiger partial charge on any atom is 0.330 e. The Hall–Kier alpha value is -1.72. The van der Waals surface area contributed by atoms with Crippen LogP contribution in [-0.2, 0) is 14.4 Å². The van der Waals surface area contributed by atoms with E-state index >= 15 is 0 Å². The third-order valence-corrected chi connectivity index (χ3v) is 1.55. The normalized spacial score (nSPS) is 23.9. The van der Waals surface area contributed by atoms with Gasteiger partial charge in [-0.15, -0.1) is 0 Å². The first-order valence-electron chi connectivity index (χ1n) is 3.15. The highest BCUT2D eigenvalue weighted by Gasteiger charge is 2.37. The number of carbonyl (C=O) groups excluding carboxylic acids is 4. The van der Waals surface area contributed by atoms with Crippen molar-refractivity contribution in [2.24, 2.45) is 5.92 Å². The van der Waals surface area contributed by atoms with Crippen molar-refractivity contribution >= 4 is 24.1 Å². The Kier molecular flexibility index (Phi) is 1.90. The molecule has 0 saturated carbocycles. The van der Waals surface area contributed by atoms with E-state index in [1.165, 1.54) is 7.05 Å². The Morgan fingerprint density at radius 3 is 2.50 bits per heavy atom. The van der Waals surface area contributed by atoms with Gasteiger partial charge in [-0.1, -0.05) is 0 Å². The highest BCUT2D eigenvalue weighted by Crippen LogP contribution is 2.05. The Labute approximate surface area is 67.5 Å². The second kappa shape index (κ2) is 2.72. The highest BCUT2D eigenvalue weighted by molar-refractivity contribution is 6.22. The van der Waals surface area contributed by atoms with Crippen LogP contribution in [0.5, 0.6) is 0 Å². The Morgan fingerprint density at radius 2 is 2.00 bits per heavy atom. The van der Waals surface area contributed by atoms with Crippen molar-refractivity contribution in [3.05, 3.63) is 0 Å². The zero-order chi connectivity index (χ0) is 9.30. The number of rotatable bonds is 1. The molecule has 1 saturated heterocycles. The van der Waals surface area contributed by atoms with Gasteiger partial charge in [0.25, 0.3) is 0 Å². The summed E-state index contributed by atoms with van der Waals surface area (Å²) in [6, 6.07) is -0.803. The first-order valence-corrected chi connectivity index (χ1v) is 3.15. The van der Waals surface area contributed by atoms with Gasteiger partial charge in [-0.25, -0.2) is 4.79 Å². The van der Waals surface area contributed by atoms with Crippen molar-refractivity contribution in [3.8, 4) is 0 Å². The molecule has 0 aromatic rings. The van der Waals surface area contributed by atoms with E-state index in [9.17, 15) is 19.2 Å². The first kappa shape index (κ1) is 8.38. The number of amides is 4. The minimum absolute atomic E-state index is 0.209. The lowest BCUT2D eigenvalue weighted by Gasteiger charge is -2.23. The molecule has 64 valence electrons. The third kappa shape index (κ3) is 1.07. The molecule has 1 unspecified atom stereocenters. The zero-order valence-electron chi connectivity index (χ0n) is 6.23. The molecule has 1 atom stereocenters. The minimum atomic E-state index is -1.38. The van der Waals surface area contributed by atoms with Gasteiger partial charge in [0, 0.05) is 7.05 Å². The van der Waals surface area contributed by atoms with Gasteiger partial charge >= 0.3 is 6.03 Å². The molecular weight excluding hydrogens is 164 g/mol. The van der Waals surface area contributed by atoms with Crippen LogP contribution in [0.25, 0.3) is 0 Å². The minimum Gasteiger partial charge on any atom is -0.302 e. The van der Waals surface area contributed by atoms with Crippen LogP contribution >= 0.6 is 0 Å². The van der Waals surface area contributed by atoms with Gasteiger partial charge in [0.05, 0.1) is 0 Å². The fraction of sp³-hybridized carbons (Fsp3) is 0.333. The Morgan fingerprint density at radius 1 is 1.42 bits per heavy atom. The van der Waals surface area contributed by atoms with Crippen LogP contribution in [0.3, 0.4) is 0 Å². The number of imide groups is 2. The summed E-state index contributed by atoms with van der Waals surface area (Å²) in [4.78, 5) is 43.4. The van der Waals surface area contributed by atoms with E-state index in [0.29, 0.717) is 4.90 Å². The summed E-state index contributed by atoms with van der Waals surface area (Å²) in [5, 5.41) is 1.86. The molecule has 1 N–H and O–H groups in total. The van der Waals surface area contributed by atoms with E-state index in [1.807, 2.05) is 5.32 Å². The average Bonchev–Trinajstić information content (AvgIpc) is 2.01. The molecule has 0 aliphatic carbocycles. The summed E-state index contributed by atoms with van der Waals surface area (Å²) < 4.78 is 0. The van der Waals surface area contributed by atoms with Gasteiger partial charge < -0.3 is 4.79 Å². The van der Waals surface area contributed by atoms with Gasteiger partial charge in [-0.2, -0.15) is 0 Å². The predicted octanol–water partition coefficient (Wildman–Crippen LogP) is -1.49. The molecule has 6 nitrogen and oxygen atoms in total. The zero-order valence-corrected chi connectivity index (χ0v) is 6.23. The standard InChI is InChI=1S/C6H6N2O4/c1-8-5(11)3(2-9)4(10)7-6(8)12/h2-3H,1H3,(H,7,10,12). The molecular formula is C6H6N2O4. The first-order chi connectivity index (χ1) is 5.57. The van der Waals surface area contributed by atoms with Gasteiger partial charge in [0.1, 0.15) is 6.29 Å². The van der Waals surface area contributed by atoms with E-state index in [0.717, 1.165) is 0 Å². The smallest absolute Gasteiger partial charge is 0.302 e. The molecule has 0 aromatic carbocycles. The fourth-order valence-corrected chi connectivity index (χ4v) is 0.808. The summed E-state index contributed by atoms with van der Waals surface area (Å²) in [5.41, 5.74) is 0. The lowest BCUT2D eigenvalue weighted by atomic mass is 10.1. The average molecular weight is 170 g/mol. The highest BCUT2D eigenvalue weighted by atomic mass is 16.2. The van der Waals surface area contributed by atoms with Gasteiger partial charge in [0.2, 0.25) is 11.8 Å². The summed E-state index contributed by atoms with van der Waals surface area (Å²) in [6.07, 6.45) is 0.209. The molecule has 4 amide bonds. The topological polar surface area (TPSA) is 83.6 Å². The number of nitrogens with zero attached hydrogens (tertiary/aromatic N) is 1. The van der Waals surface area contributed by atoms with Gasteiger partial charge in [-0.3, -0.25) is 19.8 Å². The maximum absolute atomic E-state index is 11.0. The maximum atomic E-state index is 11.0. The predicted molar refractivity (Wildman–Crippen MR) is 35.9 cm³/mol.